The van der Waals surface area contributed by atoms with E-state index in [1.54, 1.807) is 10.8 Å². The van der Waals surface area contributed by atoms with Gasteiger partial charge in [-0.3, -0.25) is 4.31 Å². The van der Waals surface area contributed by atoms with E-state index in [1.165, 1.54) is 6.07 Å². The summed E-state index contributed by atoms with van der Waals surface area (Å²) in [4.78, 5) is 12.0. The largest absolute Gasteiger partial charge is 0.465 e. The molecule has 0 radical (unpaired) electrons. The molecule has 26 heavy (non-hydrogen) atoms. The van der Waals surface area contributed by atoms with Crippen molar-refractivity contribution in [2.75, 3.05) is 23.7 Å². The van der Waals surface area contributed by atoms with Crippen molar-refractivity contribution in [3.8, 4) is 0 Å². The van der Waals surface area contributed by atoms with Crippen LogP contribution in [0.4, 0.5) is 18.9 Å². The lowest BCUT2D eigenvalue weighted by molar-refractivity contribution is -0.117. The van der Waals surface area contributed by atoms with Gasteiger partial charge in [-0.15, -0.1) is 0 Å². The second-order valence-corrected chi connectivity index (χ2v) is 8.04. The van der Waals surface area contributed by atoms with E-state index < -0.39 is 34.5 Å². The molecule has 0 fully saturated rings. The van der Waals surface area contributed by atoms with Crippen molar-refractivity contribution in [3.63, 3.8) is 0 Å². The standard InChI is InChI=1S/C16H17F3N2O4S/c1-3-10-8-20-4-5-26(23,24)21(9-16(17,18)19)13-7-11(15(22)25-2)6-12(10)14(13)20/h6-8H,3-5,9H2,1-2H3. The molecule has 0 saturated carbocycles. The van der Waals surface area contributed by atoms with E-state index in [-0.39, 0.29) is 17.8 Å². The fourth-order valence-corrected chi connectivity index (χ4v) is 4.62. The average Bonchev–Trinajstić information content (AvgIpc) is 2.89. The highest BCUT2D eigenvalue weighted by Gasteiger charge is 2.39. The molecule has 0 unspecified atom stereocenters. The smallest absolute Gasteiger partial charge is 0.407 e. The Kier molecular flexibility index (Phi) is 4.41. The average molecular weight is 390 g/mol. The molecule has 2 heterocycles. The Hall–Kier alpha value is -2.23. The Morgan fingerprint density at radius 3 is 2.58 bits per heavy atom. The SMILES string of the molecule is CCc1cn2c3c(cc(C(=O)OC)cc13)N(CC(F)(F)F)S(=O)(=O)CC2. The number of aromatic nitrogens is 1. The summed E-state index contributed by atoms with van der Waals surface area (Å²) in [6, 6.07) is 2.68. The summed E-state index contributed by atoms with van der Waals surface area (Å²) in [5.74, 6) is -1.20. The van der Waals surface area contributed by atoms with Gasteiger partial charge in [0.1, 0.15) is 6.54 Å². The van der Waals surface area contributed by atoms with Crippen molar-refractivity contribution in [1.29, 1.82) is 0 Å². The molecule has 0 saturated heterocycles. The van der Waals surface area contributed by atoms with Gasteiger partial charge in [-0.25, -0.2) is 13.2 Å². The second kappa shape index (κ2) is 6.19. The molecule has 2 aromatic rings. The molecule has 1 aliphatic rings. The number of hydrogen-bond donors (Lipinski definition) is 0. The first kappa shape index (κ1) is 18.6. The van der Waals surface area contributed by atoms with Gasteiger partial charge in [-0.1, -0.05) is 6.92 Å². The van der Waals surface area contributed by atoms with Gasteiger partial charge in [0, 0.05) is 18.1 Å². The number of aryl methyl sites for hydroxylation is 2. The number of anilines is 1. The van der Waals surface area contributed by atoms with Gasteiger partial charge in [-0.05, 0) is 24.1 Å². The van der Waals surface area contributed by atoms with Gasteiger partial charge in [0.25, 0.3) is 0 Å². The van der Waals surface area contributed by atoms with E-state index in [0.717, 1.165) is 18.7 Å². The van der Waals surface area contributed by atoms with E-state index in [9.17, 15) is 26.4 Å². The van der Waals surface area contributed by atoms with Crippen molar-refractivity contribution in [2.24, 2.45) is 0 Å². The molecule has 142 valence electrons. The highest BCUT2D eigenvalue weighted by Crippen LogP contribution is 2.38. The lowest BCUT2D eigenvalue weighted by Crippen LogP contribution is -2.40. The van der Waals surface area contributed by atoms with E-state index in [1.807, 2.05) is 6.92 Å². The molecule has 0 bridgehead atoms. The number of alkyl halides is 3. The van der Waals surface area contributed by atoms with E-state index in [0.29, 0.717) is 21.6 Å². The van der Waals surface area contributed by atoms with Crippen molar-refractivity contribution in [3.05, 3.63) is 29.5 Å². The second-order valence-electron chi connectivity index (χ2n) is 6.02. The van der Waals surface area contributed by atoms with Gasteiger partial charge >= 0.3 is 12.1 Å². The monoisotopic (exact) mass is 390 g/mol. The molecule has 10 heteroatoms. The van der Waals surface area contributed by atoms with Gasteiger partial charge < -0.3 is 9.30 Å². The Bertz CT molecular complexity index is 980. The maximum atomic E-state index is 13.1. The number of esters is 1. The topological polar surface area (TPSA) is 68.6 Å². The molecule has 0 amide bonds. The van der Waals surface area contributed by atoms with Crippen molar-refractivity contribution < 1.29 is 31.1 Å². The van der Waals surface area contributed by atoms with Crippen LogP contribution in [0.1, 0.15) is 22.8 Å². The molecule has 3 rings (SSSR count). The summed E-state index contributed by atoms with van der Waals surface area (Å²) in [6.07, 6.45) is -2.42. The molecule has 0 N–H and O–H groups in total. The third-order valence-electron chi connectivity index (χ3n) is 4.35. The fourth-order valence-electron chi connectivity index (χ4n) is 3.19. The summed E-state index contributed by atoms with van der Waals surface area (Å²) >= 11 is 0. The molecule has 1 aromatic carbocycles. The summed E-state index contributed by atoms with van der Waals surface area (Å²) in [6.45, 7) is 0.263. The maximum Gasteiger partial charge on any atom is 0.407 e. The van der Waals surface area contributed by atoms with Crippen LogP contribution in [0.2, 0.25) is 0 Å². The first-order valence-corrected chi connectivity index (χ1v) is 9.49. The van der Waals surface area contributed by atoms with E-state index in [4.69, 9.17) is 0 Å². The third-order valence-corrected chi connectivity index (χ3v) is 6.05. The number of halogens is 3. The van der Waals surface area contributed by atoms with Gasteiger partial charge in [0.2, 0.25) is 10.0 Å². The van der Waals surface area contributed by atoms with Crippen LogP contribution >= 0.6 is 0 Å². The zero-order valence-corrected chi connectivity index (χ0v) is 14.9. The maximum absolute atomic E-state index is 13.1. The van der Waals surface area contributed by atoms with Crippen molar-refractivity contribution in [1.82, 2.24) is 4.57 Å². The van der Waals surface area contributed by atoms with E-state index >= 15 is 0 Å². The molecule has 1 aromatic heterocycles. The van der Waals surface area contributed by atoms with Crippen LogP contribution in [0.3, 0.4) is 0 Å². The summed E-state index contributed by atoms with van der Waals surface area (Å²) < 4.78 is 70.8. The molecule has 6 nitrogen and oxygen atoms in total. The minimum Gasteiger partial charge on any atom is -0.465 e. The number of ether oxygens (including phenoxy) is 1. The molecule has 0 aliphatic carbocycles. The quantitative estimate of drug-likeness (QED) is 0.756. The van der Waals surface area contributed by atoms with Gasteiger partial charge in [-0.2, -0.15) is 13.2 Å². The predicted octanol–water partition coefficient (Wildman–Crippen LogP) is 2.70. The number of rotatable bonds is 3. The number of methoxy groups -OCH3 is 1. The highest BCUT2D eigenvalue weighted by molar-refractivity contribution is 7.92. The van der Waals surface area contributed by atoms with Crippen molar-refractivity contribution in [2.45, 2.75) is 26.1 Å². The molecule has 0 atom stereocenters. The lowest BCUT2D eigenvalue weighted by Gasteiger charge is -2.25. The molecule has 1 aliphatic heterocycles. The molecular formula is C16H17F3N2O4S. The number of hydrogen-bond acceptors (Lipinski definition) is 4. The van der Waals surface area contributed by atoms with Crippen LogP contribution in [0, 0.1) is 0 Å². The molecule has 0 spiro atoms. The van der Waals surface area contributed by atoms with E-state index in [2.05, 4.69) is 4.74 Å². The Labute approximate surface area is 148 Å². The first-order chi connectivity index (χ1) is 12.1. The third kappa shape index (κ3) is 3.13. The fraction of sp³-hybridized carbons (Fsp3) is 0.438. The summed E-state index contributed by atoms with van der Waals surface area (Å²) in [7, 11) is -3.05. The Balaban J connectivity index is 2.36. The highest BCUT2D eigenvalue weighted by atomic mass is 32.2. The van der Waals surface area contributed by atoms with Crippen molar-refractivity contribution >= 4 is 32.6 Å². The van der Waals surface area contributed by atoms with Gasteiger partial charge in [0.15, 0.2) is 0 Å². The van der Waals surface area contributed by atoms with Crippen LogP contribution in [0.5, 0.6) is 0 Å². The normalized spacial score (nSPS) is 16.6. The number of carbonyl (C=O) groups is 1. The number of sulfonamides is 1. The minimum absolute atomic E-state index is 0.00623. The van der Waals surface area contributed by atoms with Crippen LogP contribution in [-0.4, -0.2) is 44.5 Å². The summed E-state index contributed by atoms with van der Waals surface area (Å²) in [5, 5.41) is 0.551. The lowest BCUT2D eigenvalue weighted by atomic mass is 10.1. The number of benzene rings is 1. The van der Waals surface area contributed by atoms with Gasteiger partial charge in [0.05, 0.1) is 29.6 Å². The predicted molar refractivity (Wildman–Crippen MR) is 89.8 cm³/mol. The Morgan fingerprint density at radius 2 is 2.00 bits per heavy atom. The minimum atomic E-state index is -4.73. The first-order valence-electron chi connectivity index (χ1n) is 7.88. The molecular weight excluding hydrogens is 373 g/mol. The van der Waals surface area contributed by atoms with Crippen LogP contribution in [0.15, 0.2) is 18.3 Å². The van der Waals surface area contributed by atoms with Crippen LogP contribution in [-0.2, 0) is 27.7 Å². The van der Waals surface area contributed by atoms with Crippen LogP contribution < -0.4 is 4.31 Å². The Morgan fingerprint density at radius 1 is 1.31 bits per heavy atom. The van der Waals surface area contributed by atoms with Crippen LogP contribution in [0.25, 0.3) is 10.9 Å². The number of carbonyl (C=O) groups excluding carboxylic acids is 1. The zero-order valence-electron chi connectivity index (χ0n) is 14.1. The summed E-state index contributed by atoms with van der Waals surface area (Å²) in [5.41, 5.74) is 1.04. The zero-order chi connectivity index (χ0) is 19.3. The number of nitrogens with zero attached hydrogens (tertiary/aromatic N) is 2.